The number of aromatic nitrogens is 3. The van der Waals surface area contributed by atoms with Crippen LogP contribution in [0.5, 0.6) is 5.75 Å². The second-order valence-electron chi connectivity index (χ2n) is 5.35. The fourth-order valence-electron chi connectivity index (χ4n) is 2.32. The zero-order valence-electron chi connectivity index (χ0n) is 13.4. The summed E-state index contributed by atoms with van der Waals surface area (Å²) >= 11 is 0. The Morgan fingerprint density at radius 1 is 0.792 bits per heavy atom. The van der Waals surface area contributed by atoms with Gasteiger partial charge in [-0.3, -0.25) is 9.97 Å². The number of hydrogen-bond donors (Lipinski definition) is 1. The highest BCUT2D eigenvalue weighted by Crippen LogP contribution is 2.26. The van der Waals surface area contributed by atoms with E-state index in [9.17, 15) is 0 Å². The number of nitrogens with zero attached hydrogens (tertiary/aromatic N) is 3. The minimum Gasteiger partial charge on any atom is -0.493 e. The molecule has 3 aromatic heterocycles. The van der Waals surface area contributed by atoms with Crippen molar-refractivity contribution in [3.63, 3.8) is 0 Å². The van der Waals surface area contributed by atoms with Gasteiger partial charge in [0.1, 0.15) is 5.75 Å². The lowest BCUT2D eigenvalue weighted by Crippen LogP contribution is -2.04. The Labute approximate surface area is 141 Å². The van der Waals surface area contributed by atoms with Crippen LogP contribution in [0, 0.1) is 0 Å². The van der Waals surface area contributed by atoms with Crippen LogP contribution in [0.4, 0.5) is 0 Å². The molecule has 0 bridgehead atoms. The van der Waals surface area contributed by atoms with E-state index < -0.39 is 0 Å². The summed E-state index contributed by atoms with van der Waals surface area (Å²) in [6, 6.07) is 15.4. The highest BCUT2D eigenvalue weighted by Gasteiger charge is 2.09. The van der Waals surface area contributed by atoms with Crippen molar-refractivity contribution in [2.24, 2.45) is 5.73 Å². The lowest BCUT2D eigenvalue weighted by atomic mass is 10.2. The summed E-state index contributed by atoms with van der Waals surface area (Å²) in [5.74, 6) is 0.767. The molecule has 0 aliphatic carbocycles. The average molecular weight is 320 g/mol. The normalized spacial score (nSPS) is 10.5. The quantitative estimate of drug-likeness (QED) is 0.676. The van der Waals surface area contributed by atoms with Crippen LogP contribution in [0.25, 0.3) is 22.8 Å². The maximum absolute atomic E-state index is 5.88. The van der Waals surface area contributed by atoms with Crippen LogP contribution in [0.2, 0.25) is 0 Å². The Morgan fingerprint density at radius 2 is 1.42 bits per heavy atom. The van der Waals surface area contributed by atoms with Crippen LogP contribution < -0.4 is 10.5 Å². The smallest absolute Gasteiger partial charge is 0.123 e. The summed E-state index contributed by atoms with van der Waals surface area (Å²) in [4.78, 5) is 13.5. The van der Waals surface area contributed by atoms with Gasteiger partial charge in [0, 0.05) is 24.5 Å². The SMILES string of the molecule is NCCCCOc1cc(-c2ccccn2)nc(-c2ccccn2)c1. The Morgan fingerprint density at radius 3 is 1.92 bits per heavy atom. The molecular formula is C19H20N4O. The predicted molar refractivity (Wildman–Crippen MR) is 94.5 cm³/mol. The van der Waals surface area contributed by atoms with E-state index in [0.717, 1.165) is 41.4 Å². The second-order valence-corrected chi connectivity index (χ2v) is 5.35. The van der Waals surface area contributed by atoms with Gasteiger partial charge >= 0.3 is 0 Å². The van der Waals surface area contributed by atoms with Gasteiger partial charge in [0.25, 0.3) is 0 Å². The van der Waals surface area contributed by atoms with E-state index >= 15 is 0 Å². The summed E-state index contributed by atoms with van der Waals surface area (Å²) in [6.07, 6.45) is 5.39. The lowest BCUT2D eigenvalue weighted by Gasteiger charge is -2.10. The molecule has 0 spiro atoms. The molecule has 122 valence electrons. The highest BCUT2D eigenvalue weighted by atomic mass is 16.5. The van der Waals surface area contributed by atoms with Crippen LogP contribution in [-0.4, -0.2) is 28.1 Å². The minimum absolute atomic E-state index is 0.629. The molecule has 3 aromatic rings. The molecule has 0 unspecified atom stereocenters. The molecule has 24 heavy (non-hydrogen) atoms. The zero-order chi connectivity index (χ0) is 16.6. The summed E-state index contributed by atoms with van der Waals surface area (Å²) in [5, 5.41) is 0. The molecule has 0 aliphatic rings. The summed E-state index contributed by atoms with van der Waals surface area (Å²) in [5.41, 5.74) is 8.68. The predicted octanol–water partition coefficient (Wildman–Crippen LogP) is 3.32. The molecule has 3 rings (SSSR count). The Hall–Kier alpha value is -2.79. The number of rotatable bonds is 7. The maximum atomic E-state index is 5.88. The average Bonchev–Trinajstić information content (AvgIpc) is 2.66. The number of nitrogens with two attached hydrogens (primary N) is 1. The molecule has 2 N–H and O–H groups in total. The first-order valence-electron chi connectivity index (χ1n) is 8.04. The van der Waals surface area contributed by atoms with Gasteiger partial charge in [-0.2, -0.15) is 0 Å². The molecule has 0 aliphatic heterocycles. The van der Waals surface area contributed by atoms with Gasteiger partial charge in [-0.05, 0) is 43.7 Å². The molecule has 0 atom stereocenters. The molecule has 0 radical (unpaired) electrons. The van der Waals surface area contributed by atoms with Crippen molar-refractivity contribution < 1.29 is 4.74 Å². The Balaban J connectivity index is 1.93. The molecule has 0 saturated carbocycles. The van der Waals surface area contributed by atoms with Crippen molar-refractivity contribution >= 4 is 0 Å². The van der Waals surface area contributed by atoms with Crippen molar-refractivity contribution in [3.05, 3.63) is 60.9 Å². The van der Waals surface area contributed by atoms with Gasteiger partial charge in [-0.25, -0.2) is 4.98 Å². The monoisotopic (exact) mass is 320 g/mol. The molecule has 0 aromatic carbocycles. The van der Waals surface area contributed by atoms with Crippen molar-refractivity contribution in [3.8, 4) is 28.5 Å². The van der Waals surface area contributed by atoms with Gasteiger partial charge in [-0.1, -0.05) is 12.1 Å². The molecule has 0 fully saturated rings. The molecule has 3 heterocycles. The number of unbranched alkanes of at least 4 members (excludes halogenated alkanes) is 1. The molecular weight excluding hydrogens is 300 g/mol. The molecule has 5 heteroatoms. The van der Waals surface area contributed by atoms with E-state index in [0.29, 0.717) is 13.2 Å². The molecule has 5 nitrogen and oxygen atoms in total. The maximum Gasteiger partial charge on any atom is 0.123 e. The highest BCUT2D eigenvalue weighted by molar-refractivity contribution is 5.64. The molecule has 0 amide bonds. The summed E-state index contributed by atoms with van der Waals surface area (Å²) in [7, 11) is 0. The van der Waals surface area contributed by atoms with Crippen molar-refractivity contribution in [1.29, 1.82) is 0 Å². The largest absolute Gasteiger partial charge is 0.493 e. The summed E-state index contributed by atoms with van der Waals surface area (Å²) < 4.78 is 5.88. The third-order valence-corrected chi connectivity index (χ3v) is 3.52. The second kappa shape index (κ2) is 8.17. The minimum atomic E-state index is 0.629. The van der Waals surface area contributed by atoms with Crippen LogP contribution in [0.3, 0.4) is 0 Å². The van der Waals surface area contributed by atoms with E-state index in [1.165, 1.54) is 0 Å². The van der Waals surface area contributed by atoms with Crippen molar-refractivity contribution in [2.75, 3.05) is 13.2 Å². The molecule has 0 saturated heterocycles. The fourth-order valence-corrected chi connectivity index (χ4v) is 2.32. The number of pyridine rings is 3. The first-order chi connectivity index (χ1) is 11.9. The first kappa shape index (κ1) is 16.1. The third kappa shape index (κ3) is 4.14. The van der Waals surface area contributed by atoms with Gasteiger partial charge in [0.05, 0.1) is 29.4 Å². The van der Waals surface area contributed by atoms with Crippen molar-refractivity contribution in [1.82, 2.24) is 15.0 Å². The van der Waals surface area contributed by atoms with Crippen LogP contribution >= 0.6 is 0 Å². The van der Waals surface area contributed by atoms with Crippen LogP contribution in [0.1, 0.15) is 12.8 Å². The Kier molecular flexibility index (Phi) is 5.48. The van der Waals surface area contributed by atoms with E-state index in [1.54, 1.807) is 12.4 Å². The van der Waals surface area contributed by atoms with Gasteiger partial charge < -0.3 is 10.5 Å². The van der Waals surface area contributed by atoms with E-state index in [1.807, 2.05) is 48.5 Å². The van der Waals surface area contributed by atoms with Crippen molar-refractivity contribution in [2.45, 2.75) is 12.8 Å². The number of ether oxygens (including phenoxy) is 1. The van der Waals surface area contributed by atoms with E-state index in [2.05, 4.69) is 9.97 Å². The first-order valence-corrected chi connectivity index (χ1v) is 8.04. The topological polar surface area (TPSA) is 73.9 Å². The zero-order valence-corrected chi connectivity index (χ0v) is 13.4. The lowest BCUT2D eigenvalue weighted by molar-refractivity contribution is 0.308. The van der Waals surface area contributed by atoms with Gasteiger partial charge in [0.15, 0.2) is 0 Å². The van der Waals surface area contributed by atoms with Crippen LogP contribution in [0.15, 0.2) is 60.9 Å². The van der Waals surface area contributed by atoms with Gasteiger partial charge in [0.2, 0.25) is 0 Å². The van der Waals surface area contributed by atoms with E-state index in [-0.39, 0.29) is 0 Å². The Bertz CT molecular complexity index is 705. The third-order valence-electron chi connectivity index (χ3n) is 3.52. The van der Waals surface area contributed by atoms with Crippen LogP contribution in [-0.2, 0) is 0 Å². The standard InChI is InChI=1S/C19H20N4O/c20-9-3-6-12-24-15-13-18(16-7-1-4-10-21-16)23-19(14-15)17-8-2-5-11-22-17/h1-2,4-5,7-8,10-11,13-14H,3,6,9,12,20H2. The number of hydrogen-bond acceptors (Lipinski definition) is 5. The summed E-state index contributed by atoms with van der Waals surface area (Å²) in [6.45, 7) is 1.31. The van der Waals surface area contributed by atoms with E-state index in [4.69, 9.17) is 15.5 Å². The fraction of sp³-hybridized carbons (Fsp3) is 0.211. The van der Waals surface area contributed by atoms with Gasteiger partial charge in [-0.15, -0.1) is 0 Å².